The lowest BCUT2D eigenvalue weighted by Gasteiger charge is -2.38. The van der Waals surface area contributed by atoms with Crippen molar-refractivity contribution < 1.29 is 22.9 Å². The van der Waals surface area contributed by atoms with E-state index in [1.54, 1.807) is 18.2 Å². The standard InChI is InChI=1S/C17H14F3N3O3/c1-10-6-7-11(8-14(10)23(25)26)15-21-13-5-3-2-4-12(13)16(24)22(15)9-17(18,19)20/h2-8,15,21H,9H2,1H3/t15-/m1/s1. The molecule has 9 heteroatoms. The van der Waals surface area contributed by atoms with Crippen LogP contribution in [0.2, 0.25) is 0 Å². The molecule has 0 aliphatic carbocycles. The summed E-state index contributed by atoms with van der Waals surface area (Å²) in [6, 6.07) is 10.3. The number of nitro benzene ring substituents is 1. The summed E-state index contributed by atoms with van der Waals surface area (Å²) in [6.07, 6.45) is -5.78. The number of hydrogen-bond acceptors (Lipinski definition) is 4. The number of nitro groups is 1. The maximum absolute atomic E-state index is 13.0. The van der Waals surface area contributed by atoms with Crippen molar-refractivity contribution in [2.75, 3.05) is 11.9 Å². The van der Waals surface area contributed by atoms with Crippen molar-refractivity contribution in [1.29, 1.82) is 0 Å². The third kappa shape index (κ3) is 3.32. The van der Waals surface area contributed by atoms with E-state index in [2.05, 4.69) is 5.32 Å². The first-order chi connectivity index (χ1) is 12.2. The van der Waals surface area contributed by atoms with Gasteiger partial charge in [0.05, 0.1) is 10.5 Å². The summed E-state index contributed by atoms with van der Waals surface area (Å²) in [7, 11) is 0. The molecule has 1 N–H and O–H groups in total. The molecule has 3 rings (SSSR count). The highest BCUT2D eigenvalue weighted by atomic mass is 19.4. The van der Waals surface area contributed by atoms with Crippen LogP contribution in [-0.4, -0.2) is 28.5 Å². The van der Waals surface area contributed by atoms with Gasteiger partial charge in [-0.05, 0) is 19.1 Å². The van der Waals surface area contributed by atoms with Gasteiger partial charge in [-0.3, -0.25) is 14.9 Å². The highest BCUT2D eigenvalue weighted by Crippen LogP contribution is 2.36. The number of carbonyl (C=O) groups is 1. The third-order valence-corrected chi connectivity index (χ3v) is 4.12. The molecule has 26 heavy (non-hydrogen) atoms. The molecule has 6 nitrogen and oxygen atoms in total. The Morgan fingerprint density at radius 2 is 1.92 bits per heavy atom. The highest BCUT2D eigenvalue weighted by Gasteiger charge is 2.41. The Morgan fingerprint density at radius 1 is 1.23 bits per heavy atom. The van der Waals surface area contributed by atoms with Crippen molar-refractivity contribution >= 4 is 17.3 Å². The van der Waals surface area contributed by atoms with Crippen LogP contribution >= 0.6 is 0 Å². The molecular formula is C17H14F3N3O3. The van der Waals surface area contributed by atoms with Gasteiger partial charge in [-0.25, -0.2) is 0 Å². The molecule has 0 saturated carbocycles. The molecule has 0 saturated heterocycles. The topological polar surface area (TPSA) is 75.5 Å². The number of carbonyl (C=O) groups excluding carboxylic acids is 1. The molecule has 2 aromatic carbocycles. The maximum Gasteiger partial charge on any atom is 0.406 e. The summed E-state index contributed by atoms with van der Waals surface area (Å²) in [4.78, 5) is 23.8. The Kier molecular flexibility index (Phi) is 4.31. The van der Waals surface area contributed by atoms with E-state index in [0.29, 0.717) is 16.2 Å². The minimum atomic E-state index is -4.61. The zero-order valence-electron chi connectivity index (χ0n) is 13.6. The van der Waals surface area contributed by atoms with Crippen molar-refractivity contribution in [2.24, 2.45) is 0 Å². The van der Waals surface area contributed by atoms with Crippen LogP contribution in [0.3, 0.4) is 0 Å². The Bertz CT molecular complexity index is 883. The molecule has 1 amide bonds. The fraction of sp³-hybridized carbons (Fsp3) is 0.235. The number of hydrogen-bond donors (Lipinski definition) is 1. The number of rotatable bonds is 3. The molecule has 0 bridgehead atoms. The number of para-hydroxylation sites is 1. The number of halogens is 3. The second kappa shape index (κ2) is 6.32. The van der Waals surface area contributed by atoms with Crippen LogP contribution in [0.15, 0.2) is 42.5 Å². The molecule has 1 atom stereocenters. The zero-order valence-corrected chi connectivity index (χ0v) is 13.6. The second-order valence-electron chi connectivity index (χ2n) is 5.94. The summed E-state index contributed by atoms with van der Waals surface area (Å²) in [5.41, 5.74) is 0.861. The molecule has 1 heterocycles. The summed E-state index contributed by atoms with van der Waals surface area (Å²) < 4.78 is 39.1. The van der Waals surface area contributed by atoms with Gasteiger partial charge in [0, 0.05) is 22.9 Å². The van der Waals surface area contributed by atoms with Gasteiger partial charge in [-0.2, -0.15) is 13.2 Å². The minimum absolute atomic E-state index is 0.120. The Labute approximate surface area is 146 Å². The van der Waals surface area contributed by atoms with Crippen LogP contribution in [0.4, 0.5) is 24.5 Å². The van der Waals surface area contributed by atoms with Crippen LogP contribution < -0.4 is 5.32 Å². The maximum atomic E-state index is 13.0. The second-order valence-corrected chi connectivity index (χ2v) is 5.94. The van der Waals surface area contributed by atoms with Gasteiger partial charge in [-0.1, -0.05) is 24.3 Å². The number of alkyl halides is 3. The molecule has 0 spiro atoms. The Hall–Kier alpha value is -3.10. The fourth-order valence-corrected chi connectivity index (χ4v) is 2.91. The van der Waals surface area contributed by atoms with Gasteiger partial charge >= 0.3 is 6.18 Å². The van der Waals surface area contributed by atoms with Gasteiger partial charge in [0.1, 0.15) is 12.7 Å². The highest BCUT2D eigenvalue weighted by molar-refractivity contribution is 6.01. The largest absolute Gasteiger partial charge is 0.406 e. The number of nitrogens with one attached hydrogen (secondary N) is 1. The summed E-state index contributed by atoms with van der Waals surface area (Å²) in [5.74, 6) is -0.787. The van der Waals surface area contributed by atoms with Crippen LogP contribution in [0.5, 0.6) is 0 Å². The van der Waals surface area contributed by atoms with Crippen molar-refractivity contribution in [3.8, 4) is 0 Å². The molecule has 1 aliphatic rings. The van der Waals surface area contributed by atoms with E-state index in [1.165, 1.54) is 31.2 Å². The quantitative estimate of drug-likeness (QED) is 0.658. The van der Waals surface area contributed by atoms with Gasteiger partial charge in [-0.15, -0.1) is 0 Å². The van der Waals surface area contributed by atoms with Crippen molar-refractivity contribution in [3.05, 3.63) is 69.3 Å². The minimum Gasteiger partial charge on any atom is -0.361 e. The zero-order chi connectivity index (χ0) is 19.1. The van der Waals surface area contributed by atoms with Crippen molar-refractivity contribution in [3.63, 3.8) is 0 Å². The summed E-state index contributed by atoms with van der Waals surface area (Å²) in [5, 5.41) is 14.0. The van der Waals surface area contributed by atoms with E-state index < -0.39 is 29.7 Å². The molecule has 0 unspecified atom stereocenters. The van der Waals surface area contributed by atoms with E-state index in [-0.39, 0.29) is 16.8 Å². The molecule has 0 fully saturated rings. The molecule has 0 radical (unpaired) electrons. The summed E-state index contributed by atoms with van der Waals surface area (Å²) >= 11 is 0. The van der Waals surface area contributed by atoms with Crippen LogP contribution in [-0.2, 0) is 0 Å². The van der Waals surface area contributed by atoms with E-state index in [9.17, 15) is 28.1 Å². The average Bonchev–Trinajstić information content (AvgIpc) is 2.56. The SMILES string of the molecule is Cc1ccc([C@@H]2Nc3ccccc3C(=O)N2CC(F)(F)F)cc1[N+](=O)[O-]. The number of benzene rings is 2. The molecule has 136 valence electrons. The van der Waals surface area contributed by atoms with Crippen molar-refractivity contribution in [2.45, 2.75) is 19.3 Å². The van der Waals surface area contributed by atoms with Gasteiger partial charge in [0.25, 0.3) is 11.6 Å². The van der Waals surface area contributed by atoms with E-state index >= 15 is 0 Å². The van der Waals surface area contributed by atoms with Crippen LogP contribution in [0, 0.1) is 17.0 Å². The number of aryl methyl sites for hydroxylation is 1. The van der Waals surface area contributed by atoms with Crippen LogP contribution in [0.25, 0.3) is 0 Å². The number of anilines is 1. The first-order valence-corrected chi connectivity index (χ1v) is 7.65. The van der Waals surface area contributed by atoms with Gasteiger partial charge < -0.3 is 10.2 Å². The summed E-state index contributed by atoms with van der Waals surface area (Å²) in [6.45, 7) is 0.0592. The van der Waals surface area contributed by atoms with Gasteiger partial charge in [0.2, 0.25) is 0 Å². The molecule has 1 aliphatic heterocycles. The Balaban J connectivity index is 2.09. The lowest BCUT2D eigenvalue weighted by molar-refractivity contribution is -0.385. The lowest BCUT2D eigenvalue weighted by Crippen LogP contribution is -2.47. The fourth-order valence-electron chi connectivity index (χ4n) is 2.91. The molecule has 2 aromatic rings. The number of nitrogens with zero attached hydrogens (tertiary/aromatic N) is 2. The predicted molar refractivity (Wildman–Crippen MR) is 87.7 cm³/mol. The average molecular weight is 365 g/mol. The van der Waals surface area contributed by atoms with E-state index in [4.69, 9.17) is 0 Å². The molecular weight excluding hydrogens is 351 g/mol. The van der Waals surface area contributed by atoms with Crippen molar-refractivity contribution in [1.82, 2.24) is 4.90 Å². The van der Waals surface area contributed by atoms with E-state index in [1.807, 2.05) is 0 Å². The van der Waals surface area contributed by atoms with Gasteiger partial charge in [0.15, 0.2) is 0 Å². The number of amides is 1. The normalized spacial score (nSPS) is 16.8. The monoisotopic (exact) mass is 365 g/mol. The smallest absolute Gasteiger partial charge is 0.361 e. The Morgan fingerprint density at radius 3 is 2.58 bits per heavy atom. The van der Waals surface area contributed by atoms with E-state index in [0.717, 1.165) is 0 Å². The third-order valence-electron chi connectivity index (χ3n) is 4.12. The van der Waals surface area contributed by atoms with Crippen LogP contribution in [0.1, 0.15) is 27.7 Å². The number of fused-ring (bicyclic) bond motifs is 1. The molecule has 0 aromatic heterocycles. The first-order valence-electron chi connectivity index (χ1n) is 7.65. The first kappa shape index (κ1) is 17.7. The predicted octanol–water partition coefficient (Wildman–Crippen LogP) is 4.03. The lowest BCUT2D eigenvalue weighted by atomic mass is 10.0.